The van der Waals surface area contributed by atoms with Crippen molar-refractivity contribution in [1.82, 2.24) is 4.98 Å². The molecule has 1 aliphatic rings. The van der Waals surface area contributed by atoms with Gasteiger partial charge in [0.25, 0.3) is 0 Å². The second-order valence-electron chi connectivity index (χ2n) is 6.93. The lowest BCUT2D eigenvalue weighted by Crippen LogP contribution is -2.33. The molecule has 0 spiro atoms. The van der Waals surface area contributed by atoms with Gasteiger partial charge in [0, 0.05) is 11.8 Å². The average molecular weight is 364 g/mol. The standard InChI is InChI=1S/C18H24N2O4S/c1-17(2)11-18(17,16(19)24)12(15(22)23)7-4-3-5-10-25-14-13(21)8-6-9-20-14/h6-9,21H,3-5,10-11H2,1-2H3,(H2,19,24)(H,22,23)/b12-7+. The van der Waals surface area contributed by atoms with E-state index in [1.807, 2.05) is 13.8 Å². The molecule has 0 bridgehead atoms. The molecule has 0 aromatic carbocycles. The van der Waals surface area contributed by atoms with Crippen molar-refractivity contribution in [2.45, 2.75) is 44.6 Å². The number of unbranched alkanes of at least 4 members (excludes halogenated alkanes) is 2. The molecule has 1 atom stereocenters. The van der Waals surface area contributed by atoms with Crippen LogP contribution in [0.2, 0.25) is 0 Å². The van der Waals surface area contributed by atoms with Crippen LogP contribution in [0.5, 0.6) is 5.75 Å². The lowest BCUT2D eigenvalue weighted by Gasteiger charge is -2.18. The van der Waals surface area contributed by atoms with Crippen molar-refractivity contribution in [3.05, 3.63) is 30.0 Å². The maximum atomic E-state index is 11.9. The minimum Gasteiger partial charge on any atom is -0.505 e. The highest BCUT2D eigenvalue weighted by atomic mass is 32.2. The number of nitrogens with zero attached hydrogens (tertiary/aromatic N) is 1. The number of hydrogen-bond acceptors (Lipinski definition) is 5. The number of aromatic hydroxyl groups is 1. The summed E-state index contributed by atoms with van der Waals surface area (Å²) in [5.74, 6) is -0.697. The van der Waals surface area contributed by atoms with E-state index in [9.17, 15) is 19.8 Å². The highest BCUT2D eigenvalue weighted by Crippen LogP contribution is 2.67. The molecular weight excluding hydrogens is 340 g/mol. The van der Waals surface area contributed by atoms with Crippen LogP contribution in [0, 0.1) is 10.8 Å². The monoisotopic (exact) mass is 364 g/mol. The number of nitrogens with two attached hydrogens (primary N) is 1. The number of thioether (sulfide) groups is 1. The second kappa shape index (κ2) is 7.47. The van der Waals surface area contributed by atoms with Gasteiger partial charge in [-0.1, -0.05) is 19.9 Å². The van der Waals surface area contributed by atoms with Gasteiger partial charge in [0.1, 0.15) is 10.8 Å². The van der Waals surface area contributed by atoms with E-state index < -0.39 is 22.7 Å². The first-order valence-corrected chi connectivity index (χ1v) is 9.21. The molecule has 1 fully saturated rings. The Labute approximate surface area is 151 Å². The summed E-state index contributed by atoms with van der Waals surface area (Å²) < 4.78 is 0. The zero-order chi connectivity index (χ0) is 18.7. The number of aromatic nitrogens is 1. The van der Waals surface area contributed by atoms with Crippen LogP contribution >= 0.6 is 11.8 Å². The number of carbonyl (C=O) groups excluding carboxylic acids is 1. The molecule has 25 heavy (non-hydrogen) atoms. The Bertz CT molecular complexity index is 702. The van der Waals surface area contributed by atoms with Gasteiger partial charge in [-0.3, -0.25) is 4.79 Å². The van der Waals surface area contributed by atoms with Gasteiger partial charge in [-0.05, 0) is 49.0 Å². The number of rotatable bonds is 9. The summed E-state index contributed by atoms with van der Waals surface area (Å²) in [6.45, 7) is 3.73. The number of amides is 1. The van der Waals surface area contributed by atoms with E-state index in [0.717, 1.165) is 18.6 Å². The normalized spacial score (nSPS) is 21.8. The summed E-state index contributed by atoms with van der Waals surface area (Å²) in [5, 5.41) is 19.7. The highest BCUT2D eigenvalue weighted by molar-refractivity contribution is 7.99. The number of aliphatic carboxylic acids is 1. The number of carboxylic acids is 1. The molecule has 1 aromatic heterocycles. The van der Waals surface area contributed by atoms with E-state index in [0.29, 0.717) is 17.9 Å². The Balaban J connectivity index is 1.88. The molecule has 1 unspecified atom stereocenters. The molecule has 4 N–H and O–H groups in total. The third-order valence-corrected chi connectivity index (χ3v) is 5.87. The summed E-state index contributed by atoms with van der Waals surface area (Å²) in [6, 6.07) is 3.27. The van der Waals surface area contributed by atoms with E-state index in [4.69, 9.17) is 5.73 Å². The fraction of sp³-hybridized carbons (Fsp3) is 0.500. The van der Waals surface area contributed by atoms with Crippen LogP contribution in [0.25, 0.3) is 0 Å². The first-order valence-electron chi connectivity index (χ1n) is 8.23. The Kier molecular flexibility index (Phi) is 5.77. The van der Waals surface area contributed by atoms with Gasteiger partial charge < -0.3 is 15.9 Å². The van der Waals surface area contributed by atoms with Crippen molar-refractivity contribution in [3.8, 4) is 5.75 Å². The summed E-state index contributed by atoms with van der Waals surface area (Å²) in [7, 11) is 0. The van der Waals surface area contributed by atoms with Crippen LogP contribution in [-0.4, -0.2) is 32.8 Å². The molecule has 1 saturated carbocycles. The molecule has 1 amide bonds. The predicted molar refractivity (Wildman–Crippen MR) is 96.2 cm³/mol. The van der Waals surface area contributed by atoms with E-state index in [-0.39, 0.29) is 11.3 Å². The number of carbonyl (C=O) groups is 2. The van der Waals surface area contributed by atoms with E-state index >= 15 is 0 Å². The Morgan fingerprint density at radius 1 is 1.40 bits per heavy atom. The third-order valence-electron chi connectivity index (χ3n) is 4.79. The van der Waals surface area contributed by atoms with Crippen LogP contribution in [0.4, 0.5) is 0 Å². The maximum absolute atomic E-state index is 11.9. The van der Waals surface area contributed by atoms with Crippen molar-refractivity contribution < 1.29 is 19.8 Å². The van der Waals surface area contributed by atoms with Crippen LogP contribution in [-0.2, 0) is 9.59 Å². The average Bonchev–Trinajstić information content (AvgIpc) is 3.11. The number of hydrogen-bond donors (Lipinski definition) is 3. The van der Waals surface area contributed by atoms with Crippen molar-refractivity contribution in [3.63, 3.8) is 0 Å². The fourth-order valence-corrected chi connectivity index (χ4v) is 4.12. The van der Waals surface area contributed by atoms with E-state index in [2.05, 4.69) is 4.98 Å². The van der Waals surface area contributed by atoms with Gasteiger partial charge in [-0.15, -0.1) is 11.8 Å². The van der Waals surface area contributed by atoms with E-state index in [1.165, 1.54) is 11.8 Å². The molecule has 1 aromatic rings. The highest BCUT2D eigenvalue weighted by Gasteiger charge is 2.68. The number of carboxylic acid groups (broad SMARTS) is 1. The lowest BCUT2D eigenvalue weighted by atomic mass is 9.86. The van der Waals surface area contributed by atoms with Gasteiger partial charge in [0.15, 0.2) is 0 Å². The zero-order valence-corrected chi connectivity index (χ0v) is 15.3. The van der Waals surface area contributed by atoms with Crippen LogP contribution in [0.1, 0.15) is 39.5 Å². The summed E-state index contributed by atoms with van der Waals surface area (Å²) in [5.41, 5.74) is 4.17. The zero-order valence-electron chi connectivity index (χ0n) is 14.5. The van der Waals surface area contributed by atoms with Crippen molar-refractivity contribution in [1.29, 1.82) is 0 Å². The molecule has 0 radical (unpaired) electrons. The Morgan fingerprint density at radius 3 is 2.60 bits per heavy atom. The topological polar surface area (TPSA) is 114 Å². The summed E-state index contributed by atoms with van der Waals surface area (Å²) >= 11 is 1.46. The van der Waals surface area contributed by atoms with Gasteiger partial charge in [0.05, 0.1) is 5.41 Å². The molecule has 0 aliphatic heterocycles. The van der Waals surface area contributed by atoms with Gasteiger partial charge in [-0.2, -0.15) is 0 Å². The first kappa shape index (κ1) is 19.3. The number of allylic oxidation sites excluding steroid dienone is 1. The smallest absolute Gasteiger partial charge is 0.332 e. The fourth-order valence-electron chi connectivity index (χ4n) is 3.23. The molecule has 1 aliphatic carbocycles. The maximum Gasteiger partial charge on any atom is 0.332 e. The number of pyridine rings is 1. The first-order chi connectivity index (χ1) is 11.7. The molecule has 2 rings (SSSR count). The molecule has 6 nitrogen and oxygen atoms in total. The number of primary amides is 1. The molecule has 0 saturated heterocycles. The van der Waals surface area contributed by atoms with Gasteiger partial charge in [-0.25, -0.2) is 9.78 Å². The SMILES string of the molecule is CC1(C)CC1(C(N)=O)/C(=C/CCCCSc1ncccc1O)C(=O)O. The minimum absolute atomic E-state index is 0.125. The van der Waals surface area contributed by atoms with E-state index in [1.54, 1.807) is 24.4 Å². The summed E-state index contributed by atoms with van der Waals surface area (Å²) in [6.07, 6.45) is 5.95. The van der Waals surface area contributed by atoms with Crippen LogP contribution in [0.3, 0.4) is 0 Å². The predicted octanol–water partition coefficient (Wildman–Crippen LogP) is 2.96. The Morgan fingerprint density at radius 2 is 2.08 bits per heavy atom. The summed E-state index contributed by atoms with van der Waals surface area (Å²) in [4.78, 5) is 27.6. The lowest BCUT2D eigenvalue weighted by molar-refractivity contribution is -0.136. The minimum atomic E-state index is -1.07. The molecule has 1 heterocycles. The van der Waals surface area contributed by atoms with Crippen molar-refractivity contribution in [2.75, 3.05) is 5.75 Å². The molecule has 7 heteroatoms. The molecule has 136 valence electrons. The second-order valence-corrected chi connectivity index (χ2v) is 8.01. The Hall–Kier alpha value is -2.02. The van der Waals surface area contributed by atoms with Crippen molar-refractivity contribution in [2.24, 2.45) is 16.6 Å². The van der Waals surface area contributed by atoms with Crippen LogP contribution < -0.4 is 5.73 Å². The third kappa shape index (κ3) is 3.98. The van der Waals surface area contributed by atoms with Crippen molar-refractivity contribution >= 4 is 23.6 Å². The van der Waals surface area contributed by atoms with Crippen LogP contribution in [0.15, 0.2) is 35.0 Å². The largest absolute Gasteiger partial charge is 0.505 e. The van der Waals surface area contributed by atoms with Gasteiger partial charge >= 0.3 is 5.97 Å². The molecular formula is C18H24N2O4S. The quantitative estimate of drug-likeness (QED) is 0.353. The van der Waals surface area contributed by atoms with Gasteiger partial charge in [0.2, 0.25) is 5.91 Å².